The van der Waals surface area contributed by atoms with Gasteiger partial charge in [-0.25, -0.2) is 4.98 Å². The molecule has 0 atom stereocenters. The first-order chi connectivity index (χ1) is 14.1. The van der Waals surface area contributed by atoms with Crippen molar-refractivity contribution in [1.82, 2.24) is 4.98 Å². The van der Waals surface area contributed by atoms with Gasteiger partial charge in [0.05, 0.1) is 30.1 Å². The van der Waals surface area contributed by atoms with Crippen LogP contribution in [0.3, 0.4) is 0 Å². The van der Waals surface area contributed by atoms with Crippen molar-refractivity contribution < 1.29 is 19.4 Å². The molecule has 2 aromatic carbocycles. The molecule has 29 heavy (non-hydrogen) atoms. The van der Waals surface area contributed by atoms with Crippen molar-refractivity contribution >= 4 is 32.8 Å². The van der Waals surface area contributed by atoms with E-state index in [-0.39, 0.29) is 17.9 Å². The van der Waals surface area contributed by atoms with Gasteiger partial charge in [-0.05, 0) is 37.3 Å². The van der Waals surface area contributed by atoms with Crippen LogP contribution < -0.4 is 9.47 Å². The molecule has 1 heterocycles. The maximum absolute atomic E-state index is 10.3. The Bertz CT molecular complexity index is 1100. The molecule has 0 amide bonds. The van der Waals surface area contributed by atoms with E-state index in [1.54, 1.807) is 33.3 Å². The fraction of sp³-hybridized carbons (Fsp3) is 0.190. The van der Waals surface area contributed by atoms with E-state index in [9.17, 15) is 10.4 Å². The summed E-state index contributed by atoms with van der Waals surface area (Å²) in [7, 11) is 3.12. The Hall–Kier alpha value is -3.57. The number of ether oxygens (including phenoxy) is 2. The second kappa shape index (κ2) is 9.08. The third-order valence-corrected chi connectivity index (χ3v) is 5.17. The minimum atomic E-state index is -0.247. The molecule has 0 saturated heterocycles. The highest BCUT2D eigenvalue weighted by atomic mass is 32.1. The monoisotopic (exact) mass is 409 g/mol. The molecule has 1 aromatic heterocycles. The Morgan fingerprint density at radius 2 is 1.93 bits per heavy atom. The van der Waals surface area contributed by atoms with E-state index in [1.165, 1.54) is 11.3 Å². The highest BCUT2D eigenvalue weighted by Gasteiger charge is 2.14. The zero-order chi connectivity index (χ0) is 20.8. The predicted molar refractivity (Wildman–Crippen MR) is 112 cm³/mol. The molecule has 0 spiro atoms. The van der Waals surface area contributed by atoms with Crippen LogP contribution in [-0.4, -0.2) is 36.6 Å². The first-order valence-corrected chi connectivity index (χ1v) is 9.46. The fourth-order valence-electron chi connectivity index (χ4n) is 2.59. The summed E-state index contributed by atoms with van der Waals surface area (Å²) >= 11 is 1.33. The van der Waals surface area contributed by atoms with Gasteiger partial charge in [-0.2, -0.15) is 5.26 Å². The van der Waals surface area contributed by atoms with Gasteiger partial charge in [0.2, 0.25) is 0 Å². The van der Waals surface area contributed by atoms with Crippen LogP contribution in [-0.2, 0) is 4.84 Å². The van der Waals surface area contributed by atoms with Gasteiger partial charge in [-0.15, -0.1) is 11.3 Å². The maximum atomic E-state index is 10.3. The molecule has 0 aliphatic carbocycles. The molecular formula is C21H19N3O4S. The lowest BCUT2D eigenvalue weighted by molar-refractivity contribution is 0.138. The molecule has 1 N–H and O–H groups in total. The number of hydrogen-bond acceptors (Lipinski definition) is 8. The molecule has 3 rings (SSSR count). The zero-order valence-corrected chi connectivity index (χ0v) is 17.0. The number of para-hydroxylation sites is 1. The number of methoxy groups -OCH3 is 2. The van der Waals surface area contributed by atoms with Crippen molar-refractivity contribution in [2.45, 2.75) is 6.92 Å². The summed E-state index contributed by atoms with van der Waals surface area (Å²) in [6.45, 7) is 1.52. The molecule has 0 saturated carbocycles. The number of rotatable bonds is 7. The summed E-state index contributed by atoms with van der Waals surface area (Å²) in [5.74, 6) is 0.959. The topological polar surface area (TPSA) is 97.0 Å². The number of aliphatic hydroxyl groups is 1. The number of aliphatic hydroxyl groups excluding tert-OH is 1. The van der Waals surface area contributed by atoms with E-state index in [2.05, 4.69) is 10.1 Å². The highest BCUT2D eigenvalue weighted by molar-refractivity contribution is 7.19. The second-order valence-electron chi connectivity index (χ2n) is 5.94. The van der Waals surface area contributed by atoms with Crippen LogP contribution in [0.2, 0.25) is 0 Å². The van der Waals surface area contributed by atoms with Crippen LogP contribution in [0.25, 0.3) is 15.8 Å². The average Bonchev–Trinajstić information content (AvgIpc) is 3.17. The first kappa shape index (κ1) is 20.2. The standard InChI is InChI=1S/C21H19N3O4S/c1-13(14-8-9-18(26-2)19(10-14)27-3)24-28-12-17(25)15(11-22)21-23-16-6-4-5-7-20(16)29-21/h4-10,25H,12H2,1-3H3/b17-15?,24-13-. The van der Waals surface area contributed by atoms with E-state index >= 15 is 0 Å². The van der Waals surface area contributed by atoms with E-state index in [1.807, 2.05) is 36.4 Å². The maximum Gasteiger partial charge on any atom is 0.175 e. The number of aromatic nitrogens is 1. The quantitative estimate of drug-likeness (QED) is 0.266. The average molecular weight is 409 g/mol. The van der Waals surface area contributed by atoms with Crippen molar-refractivity contribution in [3.8, 4) is 17.6 Å². The predicted octanol–water partition coefficient (Wildman–Crippen LogP) is 4.55. The number of hydrogen-bond donors (Lipinski definition) is 1. The highest BCUT2D eigenvalue weighted by Crippen LogP contribution is 2.29. The zero-order valence-electron chi connectivity index (χ0n) is 16.2. The van der Waals surface area contributed by atoms with Gasteiger partial charge in [-0.1, -0.05) is 17.3 Å². The fourth-order valence-corrected chi connectivity index (χ4v) is 3.57. The number of oxime groups is 1. The molecule has 0 fully saturated rings. The summed E-state index contributed by atoms with van der Waals surface area (Å²) in [5.41, 5.74) is 2.21. The molecule has 0 bridgehead atoms. The minimum absolute atomic E-state index is 0.0742. The van der Waals surface area contributed by atoms with Crippen molar-refractivity contribution in [2.24, 2.45) is 5.16 Å². The molecule has 7 nitrogen and oxygen atoms in total. The van der Waals surface area contributed by atoms with Crippen LogP contribution in [0.5, 0.6) is 11.5 Å². The number of nitriles is 1. The van der Waals surface area contributed by atoms with Crippen molar-refractivity contribution in [3.63, 3.8) is 0 Å². The Balaban J connectivity index is 1.76. The number of benzene rings is 2. The number of nitrogens with zero attached hydrogens (tertiary/aromatic N) is 3. The second-order valence-corrected chi connectivity index (χ2v) is 6.97. The van der Waals surface area contributed by atoms with Gasteiger partial charge in [0, 0.05) is 5.56 Å². The molecule has 0 aliphatic rings. The van der Waals surface area contributed by atoms with Crippen LogP contribution in [0.15, 0.2) is 53.4 Å². The molecule has 0 unspecified atom stereocenters. The Morgan fingerprint density at radius 3 is 2.62 bits per heavy atom. The smallest absolute Gasteiger partial charge is 0.175 e. The first-order valence-electron chi connectivity index (χ1n) is 8.64. The normalized spacial score (nSPS) is 12.3. The molecule has 0 aliphatic heterocycles. The van der Waals surface area contributed by atoms with Crippen molar-refractivity contribution in [2.75, 3.05) is 20.8 Å². The summed E-state index contributed by atoms with van der Waals surface area (Å²) < 4.78 is 11.4. The van der Waals surface area contributed by atoms with Crippen LogP contribution >= 0.6 is 11.3 Å². The molecule has 8 heteroatoms. The minimum Gasteiger partial charge on any atom is -0.507 e. The van der Waals surface area contributed by atoms with Gasteiger partial charge < -0.3 is 19.4 Å². The van der Waals surface area contributed by atoms with Crippen molar-refractivity contribution in [3.05, 3.63) is 58.8 Å². The Labute approximate surface area is 172 Å². The molecular weight excluding hydrogens is 390 g/mol. The van der Waals surface area contributed by atoms with Gasteiger partial charge >= 0.3 is 0 Å². The Kier molecular flexibility index (Phi) is 6.32. The lowest BCUT2D eigenvalue weighted by atomic mass is 10.1. The van der Waals surface area contributed by atoms with E-state index in [4.69, 9.17) is 14.3 Å². The van der Waals surface area contributed by atoms with E-state index in [0.29, 0.717) is 22.2 Å². The molecule has 148 valence electrons. The van der Waals surface area contributed by atoms with Crippen LogP contribution in [0.4, 0.5) is 0 Å². The summed E-state index contributed by atoms with van der Waals surface area (Å²) in [5, 5.41) is 24.2. The number of thiazole rings is 1. The number of allylic oxidation sites excluding steroid dienone is 1. The largest absolute Gasteiger partial charge is 0.507 e. The van der Waals surface area contributed by atoms with E-state index < -0.39 is 0 Å². The lowest BCUT2D eigenvalue weighted by Crippen LogP contribution is -2.02. The van der Waals surface area contributed by atoms with Gasteiger partial charge in [0.25, 0.3) is 0 Å². The Morgan fingerprint density at radius 1 is 1.17 bits per heavy atom. The number of fused-ring (bicyclic) bond motifs is 1. The van der Waals surface area contributed by atoms with Gasteiger partial charge in [0.1, 0.15) is 16.6 Å². The van der Waals surface area contributed by atoms with Crippen LogP contribution in [0, 0.1) is 11.3 Å². The lowest BCUT2D eigenvalue weighted by Gasteiger charge is -2.09. The SMILES string of the molecule is COc1ccc(/C(C)=N\OCC(O)=C(C#N)c2nc3ccccc3s2)cc1OC. The molecule has 0 radical (unpaired) electrons. The third-order valence-electron chi connectivity index (χ3n) is 4.11. The van der Waals surface area contributed by atoms with Crippen LogP contribution in [0.1, 0.15) is 17.5 Å². The summed E-state index contributed by atoms with van der Waals surface area (Å²) in [4.78, 5) is 9.65. The summed E-state index contributed by atoms with van der Waals surface area (Å²) in [6.07, 6.45) is 0. The van der Waals surface area contributed by atoms with Crippen molar-refractivity contribution in [1.29, 1.82) is 5.26 Å². The molecule has 3 aromatic rings. The van der Waals surface area contributed by atoms with Gasteiger partial charge in [0.15, 0.2) is 23.9 Å². The van der Waals surface area contributed by atoms with E-state index in [0.717, 1.165) is 15.8 Å². The van der Waals surface area contributed by atoms with Gasteiger partial charge in [-0.3, -0.25) is 0 Å². The third kappa shape index (κ3) is 4.47. The summed E-state index contributed by atoms with van der Waals surface area (Å²) in [6, 6.07) is 14.9.